The zero-order chi connectivity index (χ0) is 11.5. The maximum Gasteiger partial charge on any atom is 0.257 e. The number of rotatable bonds is 2. The molecule has 2 heterocycles. The van der Waals surface area contributed by atoms with E-state index in [0.29, 0.717) is 16.4 Å². The first-order chi connectivity index (χ1) is 7.65. The van der Waals surface area contributed by atoms with Crippen LogP contribution >= 0.6 is 38.9 Å². The highest BCUT2D eigenvalue weighted by atomic mass is 79.9. The fourth-order valence-electron chi connectivity index (χ4n) is 1.07. The van der Waals surface area contributed by atoms with Gasteiger partial charge >= 0.3 is 0 Å². The molecule has 0 aliphatic carbocycles. The number of nitrogens with one attached hydrogen (secondary N) is 1. The summed E-state index contributed by atoms with van der Waals surface area (Å²) in [6.45, 7) is 0. The summed E-state index contributed by atoms with van der Waals surface area (Å²) in [5.74, 6) is 0.300. The first-order valence-corrected chi connectivity index (χ1v) is 6.37. The van der Waals surface area contributed by atoms with Gasteiger partial charge in [0.25, 0.3) is 5.91 Å². The molecule has 0 aromatic carbocycles. The van der Waals surface area contributed by atoms with Crippen molar-refractivity contribution in [2.45, 2.75) is 0 Å². The van der Waals surface area contributed by atoms with Gasteiger partial charge in [-0.15, -0.1) is 11.3 Å². The lowest BCUT2D eigenvalue weighted by atomic mass is 10.3. The summed E-state index contributed by atoms with van der Waals surface area (Å²) in [5.41, 5.74) is 0.605. The molecule has 0 aliphatic heterocycles. The van der Waals surface area contributed by atoms with Crippen LogP contribution in [0, 0.1) is 0 Å². The van der Waals surface area contributed by atoms with Gasteiger partial charge in [0.2, 0.25) is 0 Å². The van der Waals surface area contributed by atoms with Gasteiger partial charge in [0.05, 0.1) is 14.4 Å². The Morgan fingerprint density at radius 2 is 2.31 bits per heavy atom. The molecule has 82 valence electrons. The average molecular weight is 318 g/mol. The lowest BCUT2D eigenvalue weighted by molar-refractivity contribution is 0.102. The van der Waals surface area contributed by atoms with Crippen LogP contribution in [0.2, 0.25) is 5.02 Å². The predicted octanol–water partition coefficient (Wildman–Crippen LogP) is 3.81. The molecule has 6 heteroatoms. The molecule has 0 bridgehead atoms. The largest absolute Gasteiger partial charge is 0.307 e. The number of carbonyl (C=O) groups excluding carboxylic acids is 1. The van der Waals surface area contributed by atoms with E-state index in [2.05, 4.69) is 26.2 Å². The molecule has 0 saturated carbocycles. The van der Waals surface area contributed by atoms with E-state index in [4.69, 9.17) is 11.6 Å². The van der Waals surface area contributed by atoms with Crippen LogP contribution in [0.3, 0.4) is 0 Å². The first kappa shape index (κ1) is 11.6. The summed E-state index contributed by atoms with van der Waals surface area (Å²) in [5, 5.41) is 4.99. The third-order valence-corrected chi connectivity index (χ3v) is 3.53. The monoisotopic (exact) mass is 316 g/mol. The molecule has 3 nitrogen and oxygen atoms in total. The number of hydrogen-bond acceptors (Lipinski definition) is 3. The number of hydrogen-bond donors (Lipinski definition) is 1. The molecule has 0 spiro atoms. The maximum absolute atomic E-state index is 11.7. The second-order valence-electron chi connectivity index (χ2n) is 2.96. The van der Waals surface area contributed by atoms with Crippen LogP contribution < -0.4 is 5.32 Å². The number of pyridine rings is 1. The zero-order valence-electron chi connectivity index (χ0n) is 7.91. The summed E-state index contributed by atoms with van der Waals surface area (Å²) in [6.07, 6.45) is 1.49. The SMILES string of the molecule is O=C(Nc1ccc(Cl)cn1)c1csc(Br)c1. The quantitative estimate of drug-likeness (QED) is 0.915. The number of nitrogens with zero attached hydrogens (tertiary/aromatic N) is 1. The normalized spacial score (nSPS) is 10.1. The highest BCUT2D eigenvalue weighted by molar-refractivity contribution is 9.11. The van der Waals surface area contributed by atoms with E-state index < -0.39 is 0 Å². The van der Waals surface area contributed by atoms with E-state index >= 15 is 0 Å². The van der Waals surface area contributed by atoms with Crippen LogP contribution in [-0.2, 0) is 0 Å². The van der Waals surface area contributed by atoms with Crippen LogP contribution in [0.4, 0.5) is 5.82 Å². The van der Waals surface area contributed by atoms with E-state index in [1.807, 2.05) is 0 Å². The van der Waals surface area contributed by atoms with Crippen LogP contribution in [0.25, 0.3) is 0 Å². The molecule has 0 radical (unpaired) electrons. The standard InChI is InChI=1S/C10H6BrClN2OS/c11-8-3-6(5-16-8)10(15)14-9-2-1-7(12)4-13-9/h1-5H,(H,13,14,15). The topological polar surface area (TPSA) is 42.0 Å². The minimum absolute atomic E-state index is 0.184. The molecule has 0 fully saturated rings. The second-order valence-corrected chi connectivity index (χ2v) is 5.68. The van der Waals surface area contributed by atoms with Crippen molar-refractivity contribution in [3.8, 4) is 0 Å². The van der Waals surface area contributed by atoms with E-state index in [-0.39, 0.29) is 5.91 Å². The Morgan fingerprint density at radius 1 is 1.50 bits per heavy atom. The summed E-state index contributed by atoms with van der Waals surface area (Å²) in [4.78, 5) is 15.7. The van der Waals surface area contributed by atoms with E-state index in [9.17, 15) is 4.79 Å². The lowest BCUT2D eigenvalue weighted by Crippen LogP contribution is -2.11. The number of anilines is 1. The van der Waals surface area contributed by atoms with Gasteiger partial charge in [-0.05, 0) is 34.1 Å². The van der Waals surface area contributed by atoms with Crippen LogP contribution in [-0.4, -0.2) is 10.9 Å². The van der Waals surface area contributed by atoms with Crippen molar-refractivity contribution >= 4 is 50.6 Å². The second kappa shape index (κ2) is 4.95. The molecule has 0 unspecified atom stereocenters. The Bertz CT molecular complexity index is 512. The molecule has 2 aromatic heterocycles. The van der Waals surface area contributed by atoms with Gasteiger partial charge in [-0.25, -0.2) is 4.98 Å². The van der Waals surface area contributed by atoms with Gasteiger partial charge in [0.15, 0.2) is 0 Å². The molecule has 0 atom stereocenters. The zero-order valence-corrected chi connectivity index (χ0v) is 11.1. The number of halogens is 2. The summed E-state index contributed by atoms with van der Waals surface area (Å²) < 4.78 is 0.918. The number of thiophene rings is 1. The van der Waals surface area contributed by atoms with Crippen molar-refractivity contribution in [2.24, 2.45) is 0 Å². The molecular weight excluding hydrogens is 312 g/mol. The molecule has 16 heavy (non-hydrogen) atoms. The van der Waals surface area contributed by atoms with Crippen LogP contribution in [0.5, 0.6) is 0 Å². The van der Waals surface area contributed by atoms with Crippen LogP contribution in [0.1, 0.15) is 10.4 Å². The number of amides is 1. The minimum Gasteiger partial charge on any atom is -0.307 e. The van der Waals surface area contributed by atoms with Crippen molar-refractivity contribution < 1.29 is 4.79 Å². The third kappa shape index (κ3) is 2.81. The smallest absolute Gasteiger partial charge is 0.257 e. The highest BCUT2D eigenvalue weighted by Crippen LogP contribution is 2.21. The molecule has 0 aliphatic rings. The summed E-state index contributed by atoms with van der Waals surface area (Å²) in [7, 11) is 0. The van der Waals surface area contributed by atoms with Crippen molar-refractivity contribution in [1.82, 2.24) is 4.98 Å². The van der Waals surface area contributed by atoms with Crippen molar-refractivity contribution in [3.05, 3.63) is 44.1 Å². The van der Waals surface area contributed by atoms with Crippen molar-refractivity contribution in [1.29, 1.82) is 0 Å². The molecule has 1 amide bonds. The highest BCUT2D eigenvalue weighted by Gasteiger charge is 2.08. The van der Waals surface area contributed by atoms with E-state index in [0.717, 1.165) is 3.79 Å². The third-order valence-electron chi connectivity index (χ3n) is 1.80. The Kier molecular flexibility index (Phi) is 3.58. The summed E-state index contributed by atoms with van der Waals surface area (Å²) in [6, 6.07) is 5.09. The molecule has 2 aromatic rings. The minimum atomic E-state index is -0.184. The number of aromatic nitrogens is 1. The first-order valence-electron chi connectivity index (χ1n) is 4.32. The molecule has 2 rings (SSSR count). The van der Waals surface area contributed by atoms with Crippen LogP contribution in [0.15, 0.2) is 33.6 Å². The number of carbonyl (C=O) groups is 1. The Hall–Kier alpha value is -0.910. The Labute approximate surface area is 110 Å². The van der Waals surface area contributed by atoms with Gasteiger partial charge in [-0.3, -0.25) is 4.79 Å². The Morgan fingerprint density at radius 3 is 2.88 bits per heavy atom. The fraction of sp³-hybridized carbons (Fsp3) is 0. The maximum atomic E-state index is 11.7. The van der Waals surface area contributed by atoms with Gasteiger partial charge in [-0.1, -0.05) is 11.6 Å². The average Bonchev–Trinajstić information content (AvgIpc) is 2.68. The molecular formula is C10H6BrClN2OS. The predicted molar refractivity (Wildman–Crippen MR) is 69.2 cm³/mol. The van der Waals surface area contributed by atoms with E-state index in [1.54, 1.807) is 23.6 Å². The van der Waals surface area contributed by atoms with Crippen molar-refractivity contribution in [3.63, 3.8) is 0 Å². The lowest BCUT2D eigenvalue weighted by Gasteiger charge is -2.01. The van der Waals surface area contributed by atoms with Crippen molar-refractivity contribution in [2.75, 3.05) is 5.32 Å². The van der Waals surface area contributed by atoms with Gasteiger partial charge in [-0.2, -0.15) is 0 Å². The molecule has 1 N–H and O–H groups in total. The molecule has 0 saturated heterocycles. The van der Waals surface area contributed by atoms with Gasteiger partial charge in [0.1, 0.15) is 5.82 Å². The summed E-state index contributed by atoms with van der Waals surface area (Å²) >= 11 is 10.4. The van der Waals surface area contributed by atoms with E-state index in [1.165, 1.54) is 17.5 Å². The van der Waals surface area contributed by atoms with Gasteiger partial charge in [0, 0.05) is 11.6 Å². The fourth-order valence-corrected chi connectivity index (χ4v) is 2.32. The Balaban J connectivity index is 2.10. The van der Waals surface area contributed by atoms with Gasteiger partial charge < -0.3 is 5.32 Å².